The zero-order chi connectivity index (χ0) is 25.6. The molecule has 7 rings (SSSR count). The van der Waals surface area contributed by atoms with E-state index in [-0.39, 0.29) is 22.1 Å². The van der Waals surface area contributed by atoms with Gasteiger partial charge in [0.1, 0.15) is 17.8 Å². The van der Waals surface area contributed by atoms with Gasteiger partial charge in [-0.25, -0.2) is 18.4 Å². The molecule has 1 amide bonds. The topological polar surface area (TPSA) is 137 Å². The molecule has 0 saturated carbocycles. The Kier molecular flexibility index (Phi) is 5.64. The van der Waals surface area contributed by atoms with Crippen molar-refractivity contribution >= 4 is 38.3 Å². The number of nitrogens with one attached hydrogen (secondary N) is 3. The molecule has 3 aliphatic rings. The predicted octanol–water partition coefficient (Wildman–Crippen LogP) is 2.75. The van der Waals surface area contributed by atoms with Crippen LogP contribution < -0.4 is 20.5 Å². The Morgan fingerprint density at radius 2 is 1.76 bits per heavy atom. The maximum atomic E-state index is 13.2. The van der Waals surface area contributed by atoms with Crippen LogP contribution in [0.3, 0.4) is 0 Å². The molecule has 10 nitrogen and oxygen atoms in total. The number of benzene rings is 2. The lowest BCUT2D eigenvalue weighted by Gasteiger charge is -2.33. The van der Waals surface area contributed by atoms with E-state index in [1.54, 1.807) is 18.6 Å². The van der Waals surface area contributed by atoms with Gasteiger partial charge in [0.15, 0.2) is 0 Å². The van der Waals surface area contributed by atoms with Gasteiger partial charge in [-0.1, -0.05) is 12.1 Å². The van der Waals surface area contributed by atoms with Crippen molar-refractivity contribution < 1.29 is 13.2 Å². The van der Waals surface area contributed by atoms with Crippen LogP contribution >= 0.6 is 0 Å². The molecular formula is C26H24N6O4S. The minimum atomic E-state index is -4.13. The SMILES string of the molecule is O=C1NCC2CCN(CC2)c2ncnc3ccc(cc23)-c2c[nH]c(=O)c(c2)NS(=O)(=O)c2cccc1c2. The van der Waals surface area contributed by atoms with Crippen molar-refractivity contribution in [1.82, 2.24) is 20.3 Å². The van der Waals surface area contributed by atoms with Gasteiger partial charge in [-0.3, -0.25) is 14.3 Å². The highest BCUT2D eigenvalue weighted by Gasteiger charge is 2.24. The maximum absolute atomic E-state index is 13.2. The third kappa shape index (κ3) is 4.42. The summed E-state index contributed by atoms with van der Waals surface area (Å²) in [5.74, 6) is 0.784. The first-order valence-corrected chi connectivity index (χ1v) is 13.5. The minimum absolute atomic E-state index is 0.108. The summed E-state index contributed by atoms with van der Waals surface area (Å²) in [6.07, 6.45) is 4.86. The van der Waals surface area contributed by atoms with Gasteiger partial charge >= 0.3 is 0 Å². The maximum Gasteiger partial charge on any atom is 0.272 e. The summed E-state index contributed by atoms with van der Waals surface area (Å²) in [7, 11) is -4.13. The van der Waals surface area contributed by atoms with Crippen molar-refractivity contribution in [3.05, 3.63) is 77.0 Å². The lowest BCUT2D eigenvalue weighted by Crippen LogP contribution is -2.39. The van der Waals surface area contributed by atoms with E-state index in [1.165, 1.54) is 24.3 Å². The van der Waals surface area contributed by atoms with Crippen molar-refractivity contribution in [3.8, 4) is 11.1 Å². The first-order valence-electron chi connectivity index (χ1n) is 12.0. The Balaban J connectivity index is 1.50. The fourth-order valence-electron chi connectivity index (χ4n) is 4.90. The van der Waals surface area contributed by atoms with Crippen LogP contribution in [-0.4, -0.2) is 48.9 Å². The molecule has 0 atom stereocenters. The van der Waals surface area contributed by atoms with E-state index in [4.69, 9.17) is 0 Å². The van der Waals surface area contributed by atoms with Crippen LogP contribution in [0.2, 0.25) is 0 Å². The van der Waals surface area contributed by atoms with Crippen LogP contribution in [-0.2, 0) is 10.0 Å². The Labute approximate surface area is 212 Å². The largest absolute Gasteiger partial charge is 0.356 e. The van der Waals surface area contributed by atoms with E-state index in [0.717, 1.165) is 48.2 Å². The quantitative estimate of drug-likeness (QED) is 0.327. The zero-order valence-electron chi connectivity index (χ0n) is 19.8. The van der Waals surface area contributed by atoms with Crippen LogP contribution in [0.4, 0.5) is 11.5 Å². The Bertz CT molecular complexity index is 1690. The van der Waals surface area contributed by atoms with Crippen LogP contribution in [0.25, 0.3) is 22.0 Å². The molecule has 3 aliphatic heterocycles. The highest BCUT2D eigenvalue weighted by atomic mass is 32.2. The number of rotatable bonds is 0. The van der Waals surface area contributed by atoms with Crippen LogP contribution in [0, 0.1) is 5.92 Å². The van der Waals surface area contributed by atoms with Crippen LogP contribution in [0.15, 0.2) is 70.7 Å². The number of nitrogens with zero attached hydrogens (tertiary/aromatic N) is 3. The second-order valence-corrected chi connectivity index (χ2v) is 11.0. The van der Waals surface area contributed by atoms with Gasteiger partial charge in [0.25, 0.3) is 21.5 Å². The van der Waals surface area contributed by atoms with Crippen molar-refractivity contribution in [3.63, 3.8) is 0 Å². The van der Waals surface area contributed by atoms with Gasteiger partial charge in [-0.2, -0.15) is 0 Å². The van der Waals surface area contributed by atoms with E-state index in [0.29, 0.717) is 18.0 Å². The summed E-state index contributed by atoms with van der Waals surface area (Å²) in [5.41, 5.74) is 1.72. The molecule has 0 spiro atoms. The number of carbonyl (C=O) groups is 1. The molecule has 188 valence electrons. The highest BCUT2D eigenvalue weighted by Crippen LogP contribution is 2.31. The standard InChI is InChI=1S/C26H24N6O4S/c33-25-18-2-1-3-20(10-18)37(35,36)31-23-12-19(14-28-26(23)34)17-4-5-22-21(11-17)24(30-15-29-22)32-8-6-16(7-9-32)13-27-25/h1-5,10-12,14-16,31H,6-9,13H2,(H,27,33)(H,28,34). The molecule has 5 heterocycles. The molecule has 0 radical (unpaired) electrons. The fourth-order valence-corrected chi connectivity index (χ4v) is 6.00. The molecule has 37 heavy (non-hydrogen) atoms. The number of H-pyrrole nitrogens is 1. The lowest BCUT2D eigenvalue weighted by atomic mass is 9.96. The first kappa shape index (κ1) is 23.2. The third-order valence-electron chi connectivity index (χ3n) is 6.97. The Morgan fingerprint density at radius 1 is 0.919 bits per heavy atom. The summed E-state index contributed by atoms with van der Waals surface area (Å²) in [5, 5.41) is 3.81. The first-order chi connectivity index (χ1) is 17.9. The van der Waals surface area contributed by atoms with Gasteiger partial charge in [0, 0.05) is 42.3 Å². The molecule has 11 heteroatoms. The molecule has 0 aliphatic carbocycles. The van der Waals surface area contributed by atoms with Crippen LogP contribution in [0.5, 0.6) is 0 Å². The lowest BCUT2D eigenvalue weighted by molar-refractivity contribution is 0.0944. The molecule has 1 saturated heterocycles. The van der Waals surface area contributed by atoms with E-state index < -0.39 is 15.6 Å². The average molecular weight is 517 g/mol. The Morgan fingerprint density at radius 3 is 2.59 bits per heavy atom. The van der Waals surface area contributed by atoms with E-state index in [2.05, 4.69) is 29.9 Å². The molecule has 2 aromatic heterocycles. The number of hydrogen-bond donors (Lipinski definition) is 3. The number of fused-ring (bicyclic) bond motifs is 5. The molecule has 0 unspecified atom stereocenters. The van der Waals surface area contributed by atoms with Gasteiger partial charge in [0.05, 0.1) is 10.4 Å². The number of amides is 1. The predicted molar refractivity (Wildman–Crippen MR) is 140 cm³/mol. The summed E-state index contributed by atoms with van der Waals surface area (Å²) >= 11 is 0. The number of aromatic amines is 1. The molecule has 3 N–H and O–H groups in total. The summed E-state index contributed by atoms with van der Waals surface area (Å²) in [4.78, 5) is 39.1. The number of hydrogen-bond acceptors (Lipinski definition) is 7. The minimum Gasteiger partial charge on any atom is -0.356 e. The highest BCUT2D eigenvalue weighted by molar-refractivity contribution is 7.92. The number of sulfonamides is 1. The summed E-state index contributed by atoms with van der Waals surface area (Å²) in [6.45, 7) is 2.08. The van der Waals surface area contributed by atoms with E-state index >= 15 is 0 Å². The number of carbonyl (C=O) groups excluding carboxylic acids is 1. The number of aromatic nitrogens is 3. The molecule has 2 aromatic carbocycles. The van der Waals surface area contributed by atoms with Crippen molar-refractivity contribution in [2.75, 3.05) is 29.3 Å². The monoisotopic (exact) mass is 516 g/mol. The summed E-state index contributed by atoms with van der Waals surface area (Å²) in [6, 6.07) is 13.0. The zero-order valence-corrected chi connectivity index (χ0v) is 20.6. The van der Waals surface area contributed by atoms with E-state index in [1.807, 2.05) is 18.2 Å². The van der Waals surface area contributed by atoms with Crippen molar-refractivity contribution in [2.24, 2.45) is 5.92 Å². The molecular weight excluding hydrogens is 492 g/mol. The van der Waals surface area contributed by atoms with Gasteiger partial charge in [-0.15, -0.1) is 0 Å². The van der Waals surface area contributed by atoms with Gasteiger partial charge in [0.2, 0.25) is 0 Å². The average Bonchev–Trinajstić information content (AvgIpc) is 2.92. The molecule has 4 aromatic rings. The third-order valence-corrected chi connectivity index (χ3v) is 8.33. The molecule has 1 fully saturated rings. The van der Waals surface area contributed by atoms with Crippen molar-refractivity contribution in [1.29, 1.82) is 0 Å². The Hall–Kier alpha value is -4.25. The van der Waals surface area contributed by atoms with Crippen LogP contribution in [0.1, 0.15) is 23.2 Å². The second-order valence-electron chi connectivity index (χ2n) is 9.33. The smallest absolute Gasteiger partial charge is 0.272 e. The fraction of sp³-hybridized carbons (Fsp3) is 0.231. The van der Waals surface area contributed by atoms with Gasteiger partial charge < -0.3 is 15.2 Å². The van der Waals surface area contributed by atoms with E-state index in [9.17, 15) is 18.0 Å². The normalized spacial score (nSPS) is 17.5. The number of anilines is 2. The van der Waals surface area contributed by atoms with Gasteiger partial charge in [-0.05, 0) is 60.7 Å². The number of pyridine rings is 1. The summed E-state index contributed by atoms with van der Waals surface area (Å²) < 4.78 is 28.7. The van der Waals surface area contributed by atoms with Crippen molar-refractivity contribution in [2.45, 2.75) is 17.7 Å². The molecule has 8 bridgehead atoms. The second kappa shape index (κ2) is 9.00. The number of piperidine rings is 1.